The van der Waals surface area contributed by atoms with Crippen molar-refractivity contribution in [1.29, 1.82) is 0 Å². The molecular weight excluding hydrogens is 337 g/mol. The average Bonchev–Trinajstić information content (AvgIpc) is 2.59. The molecule has 0 bridgehead atoms. The number of anilines is 2. The molecule has 23 heavy (non-hydrogen) atoms. The molecule has 120 valence electrons. The molecule has 2 aromatic rings. The number of benzene rings is 1. The second kappa shape index (κ2) is 7.17. The lowest BCUT2D eigenvalue weighted by Crippen LogP contribution is -2.36. The van der Waals surface area contributed by atoms with E-state index in [4.69, 9.17) is 27.9 Å². The van der Waals surface area contributed by atoms with E-state index in [1.165, 1.54) is 0 Å². The van der Waals surface area contributed by atoms with Crippen LogP contribution in [0, 0.1) is 0 Å². The van der Waals surface area contributed by atoms with Crippen LogP contribution in [0.3, 0.4) is 0 Å². The predicted octanol–water partition coefficient (Wildman–Crippen LogP) is 3.48. The fraction of sp³-hybridized carbons (Fsp3) is 0.250. The van der Waals surface area contributed by atoms with Gasteiger partial charge in [-0.2, -0.15) is 0 Å². The summed E-state index contributed by atoms with van der Waals surface area (Å²) in [4.78, 5) is 18.9. The van der Waals surface area contributed by atoms with Gasteiger partial charge in [-0.3, -0.25) is 4.79 Å². The SMILES string of the molecule is O=C(Nc1c(Cl)cccc1Cl)c1ccnc(N2CCOCC2)c1. The summed E-state index contributed by atoms with van der Waals surface area (Å²) in [6, 6.07) is 8.49. The van der Waals surface area contributed by atoms with Crippen LogP contribution in [0.1, 0.15) is 10.4 Å². The molecule has 1 aromatic carbocycles. The van der Waals surface area contributed by atoms with E-state index in [-0.39, 0.29) is 5.91 Å². The molecule has 0 spiro atoms. The normalized spacial score (nSPS) is 14.6. The monoisotopic (exact) mass is 351 g/mol. The first-order valence-electron chi connectivity index (χ1n) is 7.19. The molecule has 1 aliphatic heterocycles. The smallest absolute Gasteiger partial charge is 0.255 e. The molecule has 1 N–H and O–H groups in total. The maximum atomic E-state index is 12.5. The summed E-state index contributed by atoms with van der Waals surface area (Å²) in [7, 11) is 0. The summed E-state index contributed by atoms with van der Waals surface area (Å²) in [5.74, 6) is 0.475. The maximum absolute atomic E-state index is 12.5. The molecule has 1 saturated heterocycles. The van der Waals surface area contributed by atoms with Gasteiger partial charge in [-0.05, 0) is 24.3 Å². The summed E-state index contributed by atoms with van der Waals surface area (Å²) in [5.41, 5.74) is 0.906. The maximum Gasteiger partial charge on any atom is 0.255 e. The highest BCUT2D eigenvalue weighted by molar-refractivity contribution is 6.40. The number of carbonyl (C=O) groups excluding carboxylic acids is 1. The third-order valence-corrected chi connectivity index (χ3v) is 4.17. The van der Waals surface area contributed by atoms with Crippen LogP contribution >= 0.6 is 23.2 Å². The molecular formula is C16H15Cl2N3O2. The fourth-order valence-electron chi connectivity index (χ4n) is 2.33. The standard InChI is InChI=1S/C16H15Cl2N3O2/c17-12-2-1-3-13(18)15(12)20-16(22)11-4-5-19-14(10-11)21-6-8-23-9-7-21/h1-5,10H,6-9H2,(H,20,22). The van der Waals surface area contributed by atoms with Crippen molar-refractivity contribution >= 4 is 40.6 Å². The van der Waals surface area contributed by atoms with Gasteiger partial charge in [-0.15, -0.1) is 0 Å². The van der Waals surface area contributed by atoms with E-state index in [9.17, 15) is 4.79 Å². The summed E-state index contributed by atoms with van der Waals surface area (Å²) >= 11 is 12.2. The highest BCUT2D eigenvalue weighted by Gasteiger charge is 2.16. The van der Waals surface area contributed by atoms with Crippen molar-refractivity contribution in [3.8, 4) is 0 Å². The molecule has 0 saturated carbocycles. The van der Waals surface area contributed by atoms with Gasteiger partial charge < -0.3 is 15.0 Å². The Balaban J connectivity index is 1.80. The molecule has 1 fully saturated rings. The van der Waals surface area contributed by atoms with Crippen molar-refractivity contribution in [3.63, 3.8) is 0 Å². The van der Waals surface area contributed by atoms with Crippen LogP contribution in [0.25, 0.3) is 0 Å². The second-order valence-electron chi connectivity index (χ2n) is 5.05. The molecule has 1 aromatic heterocycles. The molecule has 1 aliphatic rings. The highest BCUT2D eigenvalue weighted by atomic mass is 35.5. The van der Waals surface area contributed by atoms with Gasteiger partial charge in [0.2, 0.25) is 0 Å². The molecule has 1 amide bonds. The number of nitrogens with one attached hydrogen (secondary N) is 1. The van der Waals surface area contributed by atoms with E-state index in [0.717, 1.165) is 18.9 Å². The van der Waals surface area contributed by atoms with Gasteiger partial charge in [0.25, 0.3) is 5.91 Å². The van der Waals surface area contributed by atoms with E-state index < -0.39 is 0 Å². The van der Waals surface area contributed by atoms with Gasteiger partial charge >= 0.3 is 0 Å². The van der Waals surface area contributed by atoms with E-state index in [1.54, 1.807) is 36.5 Å². The largest absolute Gasteiger partial charge is 0.378 e. The molecule has 7 heteroatoms. The van der Waals surface area contributed by atoms with Crippen molar-refractivity contribution in [3.05, 3.63) is 52.1 Å². The van der Waals surface area contributed by atoms with Crippen LogP contribution in [0.15, 0.2) is 36.5 Å². The first-order chi connectivity index (χ1) is 11.1. The summed E-state index contributed by atoms with van der Waals surface area (Å²) < 4.78 is 5.33. The number of para-hydroxylation sites is 1. The number of hydrogen-bond acceptors (Lipinski definition) is 4. The molecule has 0 radical (unpaired) electrons. The van der Waals surface area contributed by atoms with Crippen molar-refractivity contribution in [2.75, 3.05) is 36.5 Å². The average molecular weight is 352 g/mol. The van der Waals surface area contributed by atoms with E-state index in [1.807, 2.05) is 0 Å². The summed E-state index contributed by atoms with van der Waals surface area (Å²) in [5, 5.41) is 3.54. The summed E-state index contributed by atoms with van der Waals surface area (Å²) in [6.07, 6.45) is 1.62. The number of ether oxygens (including phenoxy) is 1. The Labute approximate surface area is 144 Å². The summed E-state index contributed by atoms with van der Waals surface area (Å²) in [6.45, 7) is 2.84. The Morgan fingerprint density at radius 1 is 1.17 bits per heavy atom. The number of rotatable bonds is 3. The first kappa shape index (κ1) is 16.1. The van der Waals surface area contributed by atoms with E-state index in [0.29, 0.717) is 34.5 Å². The number of halogens is 2. The van der Waals surface area contributed by atoms with Gasteiger partial charge in [0, 0.05) is 24.8 Å². The van der Waals surface area contributed by atoms with E-state index >= 15 is 0 Å². The van der Waals surface area contributed by atoms with Crippen molar-refractivity contribution in [1.82, 2.24) is 4.98 Å². The van der Waals surface area contributed by atoms with Crippen molar-refractivity contribution < 1.29 is 9.53 Å². The lowest BCUT2D eigenvalue weighted by molar-refractivity contribution is 0.102. The molecule has 5 nitrogen and oxygen atoms in total. The van der Waals surface area contributed by atoms with Gasteiger partial charge in [0.15, 0.2) is 0 Å². The number of amides is 1. The number of morpholine rings is 1. The van der Waals surface area contributed by atoms with Gasteiger partial charge in [0.1, 0.15) is 5.82 Å². The Morgan fingerprint density at radius 2 is 1.87 bits per heavy atom. The number of nitrogens with zero attached hydrogens (tertiary/aromatic N) is 2. The number of pyridine rings is 1. The van der Waals surface area contributed by atoms with Gasteiger partial charge in [-0.1, -0.05) is 29.3 Å². The Kier molecular flexibility index (Phi) is 5.00. The molecule has 3 rings (SSSR count). The topological polar surface area (TPSA) is 54.5 Å². The number of hydrogen-bond donors (Lipinski definition) is 1. The number of carbonyl (C=O) groups is 1. The first-order valence-corrected chi connectivity index (χ1v) is 7.95. The second-order valence-corrected chi connectivity index (χ2v) is 5.87. The van der Waals surface area contributed by atoms with Crippen molar-refractivity contribution in [2.45, 2.75) is 0 Å². The quantitative estimate of drug-likeness (QED) is 0.919. The Bertz CT molecular complexity index is 698. The minimum absolute atomic E-state index is 0.281. The highest BCUT2D eigenvalue weighted by Crippen LogP contribution is 2.30. The molecule has 0 atom stereocenters. The zero-order valence-corrected chi connectivity index (χ0v) is 13.8. The van der Waals surface area contributed by atoms with Gasteiger partial charge in [-0.25, -0.2) is 4.98 Å². The van der Waals surface area contributed by atoms with Crippen molar-refractivity contribution in [2.24, 2.45) is 0 Å². The third kappa shape index (κ3) is 3.75. The molecule has 0 unspecified atom stereocenters. The lowest BCUT2D eigenvalue weighted by atomic mass is 10.2. The van der Waals surface area contributed by atoms with E-state index in [2.05, 4.69) is 15.2 Å². The zero-order valence-electron chi connectivity index (χ0n) is 12.3. The van der Waals surface area contributed by atoms with Crippen LogP contribution < -0.4 is 10.2 Å². The number of aromatic nitrogens is 1. The Hall–Kier alpha value is -1.82. The molecule has 2 heterocycles. The van der Waals surface area contributed by atoms with Crippen LogP contribution in [0.2, 0.25) is 10.0 Å². The van der Waals surface area contributed by atoms with Crippen LogP contribution in [0.4, 0.5) is 11.5 Å². The minimum atomic E-state index is -0.281. The molecule has 0 aliphatic carbocycles. The predicted molar refractivity (Wildman–Crippen MR) is 91.7 cm³/mol. The van der Waals surface area contributed by atoms with Gasteiger partial charge in [0.05, 0.1) is 28.9 Å². The zero-order chi connectivity index (χ0) is 16.2. The van der Waals surface area contributed by atoms with Crippen LogP contribution in [0.5, 0.6) is 0 Å². The van der Waals surface area contributed by atoms with Crippen LogP contribution in [-0.4, -0.2) is 37.2 Å². The lowest BCUT2D eigenvalue weighted by Gasteiger charge is -2.27. The Morgan fingerprint density at radius 3 is 2.57 bits per heavy atom. The fourth-order valence-corrected chi connectivity index (χ4v) is 2.82. The van der Waals surface area contributed by atoms with Crippen LogP contribution in [-0.2, 0) is 4.74 Å². The minimum Gasteiger partial charge on any atom is -0.378 e. The third-order valence-electron chi connectivity index (χ3n) is 3.54.